The fourth-order valence-electron chi connectivity index (χ4n) is 2.37. The molecule has 5 heteroatoms. The number of piperazine rings is 1. The molecule has 2 heterocycles. The zero-order valence-electron chi connectivity index (χ0n) is 12.9. The first-order valence-corrected chi connectivity index (χ1v) is 7.25. The highest BCUT2D eigenvalue weighted by atomic mass is 16.2. The van der Waals surface area contributed by atoms with Gasteiger partial charge in [-0.3, -0.25) is 4.79 Å². The fraction of sp³-hybridized carbons (Fsp3) is 0.438. The molecule has 21 heavy (non-hydrogen) atoms. The molecule has 2 rings (SSSR count). The molecule has 0 aliphatic carbocycles. The minimum Gasteiger partial charge on any atom is -0.353 e. The van der Waals surface area contributed by atoms with Crippen LogP contribution in [0.25, 0.3) is 0 Å². The molecule has 1 aliphatic heterocycles. The first-order chi connectivity index (χ1) is 10.1. The Morgan fingerprint density at radius 2 is 1.86 bits per heavy atom. The van der Waals surface area contributed by atoms with E-state index >= 15 is 0 Å². The largest absolute Gasteiger partial charge is 0.353 e. The van der Waals surface area contributed by atoms with E-state index in [1.807, 2.05) is 43.9 Å². The van der Waals surface area contributed by atoms with E-state index in [0.717, 1.165) is 43.5 Å². The highest BCUT2D eigenvalue weighted by molar-refractivity contribution is 5.88. The van der Waals surface area contributed by atoms with Gasteiger partial charge in [-0.25, -0.2) is 9.97 Å². The molecule has 1 aliphatic rings. The first-order valence-electron chi connectivity index (χ1n) is 7.25. The SMILES string of the molecule is CC=CC=CC(=O)N1CCN(c2cc(C)nc(C)n2)CC1. The summed E-state index contributed by atoms with van der Waals surface area (Å²) in [5.74, 6) is 1.82. The number of hydrogen-bond acceptors (Lipinski definition) is 4. The van der Waals surface area contributed by atoms with Gasteiger partial charge in [-0.15, -0.1) is 0 Å². The van der Waals surface area contributed by atoms with Gasteiger partial charge in [-0.05, 0) is 20.8 Å². The number of hydrogen-bond donors (Lipinski definition) is 0. The summed E-state index contributed by atoms with van der Waals surface area (Å²) in [4.78, 5) is 24.8. The van der Waals surface area contributed by atoms with Crippen molar-refractivity contribution in [2.24, 2.45) is 0 Å². The molecule has 0 unspecified atom stereocenters. The van der Waals surface area contributed by atoms with Crippen LogP contribution >= 0.6 is 0 Å². The number of amides is 1. The van der Waals surface area contributed by atoms with Gasteiger partial charge < -0.3 is 9.80 Å². The third-order valence-corrected chi connectivity index (χ3v) is 3.41. The van der Waals surface area contributed by atoms with Gasteiger partial charge in [0.25, 0.3) is 0 Å². The van der Waals surface area contributed by atoms with Crippen molar-refractivity contribution in [1.82, 2.24) is 14.9 Å². The van der Waals surface area contributed by atoms with Crippen molar-refractivity contribution >= 4 is 11.7 Å². The maximum Gasteiger partial charge on any atom is 0.246 e. The van der Waals surface area contributed by atoms with Gasteiger partial charge in [0.2, 0.25) is 5.91 Å². The summed E-state index contributed by atoms with van der Waals surface area (Å²) < 4.78 is 0. The smallest absolute Gasteiger partial charge is 0.246 e. The molecule has 1 fully saturated rings. The molecule has 0 spiro atoms. The van der Waals surface area contributed by atoms with Gasteiger partial charge in [0.05, 0.1) is 0 Å². The molecule has 1 amide bonds. The van der Waals surface area contributed by atoms with Crippen LogP contribution in [0.1, 0.15) is 18.4 Å². The quantitative estimate of drug-likeness (QED) is 0.629. The van der Waals surface area contributed by atoms with E-state index in [-0.39, 0.29) is 5.91 Å². The molecule has 0 bridgehead atoms. The fourth-order valence-corrected chi connectivity index (χ4v) is 2.37. The Bertz CT molecular complexity index is 537. The zero-order valence-corrected chi connectivity index (χ0v) is 12.9. The molecule has 0 atom stereocenters. The lowest BCUT2D eigenvalue weighted by Crippen LogP contribution is -2.48. The number of aryl methyl sites for hydroxylation is 2. The lowest BCUT2D eigenvalue weighted by atomic mass is 10.3. The third kappa shape index (κ3) is 4.15. The van der Waals surface area contributed by atoms with Crippen LogP contribution < -0.4 is 4.90 Å². The van der Waals surface area contributed by atoms with Gasteiger partial charge in [0, 0.05) is 44.0 Å². The molecule has 0 aromatic carbocycles. The normalized spacial score (nSPS) is 16.1. The van der Waals surface area contributed by atoms with E-state index in [0.29, 0.717) is 0 Å². The summed E-state index contributed by atoms with van der Waals surface area (Å²) in [7, 11) is 0. The summed E-state index contributed by atoms with van der Waals surface area (Å²) >= 11 is 0. The molecule has 0 saturated carbocycles. The van der Waals surface area contributed by atoms with Crippen LogP contribution in [0, 0.1) is 13.8 Å². The summed E-state index contributed by atoms with van der Waals surface area (Å²) in [5, 5.41) is 0. The monoisotopic (exact) mass is 286 g/mol. The van der Waals surface area contributed by atoms with Gasteiger partial charge in [-0.2, -0.15) is 0 Å². The maximum absolute atomic E-state index is 12.0. The number of carbonyl (C=O) groups excluding carboxylic acids is 1. The predicted molar refractivity (Wildman–Crippen MR) is 84.3 cm³/mol. The zero-order chi connectivity index (χ0) is 15.2. The lowest BCUT2D eigenvalue weighted by molar-refractivity contribution is -0.126. The maximum atomic E-state index is 12.0. The summed E-state index contributed by atoms with van der Waals surface area (Å²) in [6, 6.07) is 2.00. The standard InChI is InChI=1S/C16H22N4O/c1-4-5-6-7-16(21)20-10-8-19(9-11-20)15-12-13(2)17-14(3)18-15/h4-7,12H,8-11H2,1-3H3. The van der Waals surface area contributed by atoms with Crippen LogP contribution in [0.4, 0.5) is 5.82 Å². The highest BCUT2D eigenvalue weighted by Crippen LogP contribution is 2.15. The van der Waals surface area contributed by atoms with Crippen LogP contribution in [-0.4, -0.2) is 47.0 Å². The van der Waals surface area contributed by atoms with E-state index < -0.39 is 0 Å². The van der Waals surface area contributed by atoms with E-state index in [1.165, 1.54) is 0 Å². The van der Waals surface area contributed by atoms with E-state index in [2.05, 4.69) is 14.9 Å². The van der Waals surface area contributed by atoms with Gasteiger partial charge in [0.15, 0.2) is 0 Å². The Hall–Kier alpha value is -2.17. The van der Waals surface area contributed by atoms with E-state index in [4.69, 9.17) is 0 Å². The van der Waals surface area contributed by atoms with Crippen molar-refractivity contribution < 1.29 is 4.79 Å². The van der Waals surface area contributed by atoms with Crippen molar-refractivity contribution in [2.75, 3.05) is 31.1 Å². The Balaban J connectivity index is 1.95. The molecule has 0 N–H and O–H groups in total. The summed E-state index contributed by atoms with van der Waals surface area (Å²) in [6.07, 6.45) is 7.17. The molecule has 0 radical (unpaired) electrons. The van der Waals surface area contributed by atoms with Crippen molar-refractivity contribution in [3.63, 3.8) is 0 Å². The van der Waals surface area contributed by atoms with Crippen molar-refractivity contribution in [3.05, 3.63) is 41.9 Å². The lowest BCUT2D eigenvalue weighted by Gasteiger charge is -2.35. The molecular weight excluding hydrogens is 264 g/mol. The Labute approximate surface area is 126 Å². The number of aromatic nitrogens is 2. The average Bonchev–Trinajstić information content (AvgIpc) is 2.46. The molecule has 1 saturated heterocycles. The van der Waals surface area contributed by atoms with Crippen LogP contribution in [-0.2, 0) is 4.79 Å². The Morgan fingerprint density at radius 3 is 2.48 bits per heavy atom. The number of nitrogens with zero attached hydrogens (tertiary/aromatic N) is 4. The number of anilines is 1. The number of carbonyl (C=O) groups is 1. The summed E-state index contributed by atoms with van der Waals surface area (Å²) in [5.41, 5.74) is 0.977. The molecule has 5 nitrogen and oxygen atoms in total. The molecule has 1 aromatic heterocycles. The van der Waals surface area contributed by atoms with Crippen molar-refractivity contribution in [2.45, 2.75) is 20.8 Å². The minimum atomic E-state index is 0.0720. The predicted octanol–water partition coefficient (Wildman–Crippen LogP) is 1.87. The van der Waals surface area contributed by atoms with Gasteiger partial charge in [0.1, 0.15) is 11.6 Å². The minimum absolute atomic E-state index is 0.0720. The van der Waals surface area contributed by atoms with Gasteiger partial charge in [-0.1, -0.05) is 18.2 Å². The number of rotatable bonds is 3. The Morgan fingerprint density at radius 1 is 1.14 bits per heavy atom. The first kappa shape index (κ1) is 15.2. The van der Waals surface area contributed by atoms with E-state index in [9.17, 15) is 4.79 Å². The van der Waals surface area contributed by atoms with Crippen LogP contribution in [0.15, 0.2) is 30.4 Å². The highest BCUT2D eigenvalue weighted by Gasteiger charge is 2.20. The topological polar surface area (TPSA) is 49.3 Å². The summed E-state index contributed by atoms with van der Waals surface area (Å²) in [6.45, 7) is 8.87. The Kier molecular flexibility index (Phi) is 5.09. The third-order valence-electron chi connectivity index (χ3n) is 3.41. The average molecular weight is 286 g/mol. The van der Waals surface area contributed by atoms with Crippen LogP contribution in [0.2, 0.25) is 0 Å². The van der Waals surface area contributed by atoms with Gasteiger partial charge >= 0.3 is 0 Å². The van der Waals surface area contributed by atoms with Crippen molar-refractivity contribution in [1.29, 1.82) is 0 Å². The van der Waals surface area contributed by atoms with E-state index in [1.54, 1.807) is 12.2 Å². The second-order valence-electron chi connectivity index (χ2n) is 5.11. The molecule has 112 valence electrons. The second-order valence-corrected chi connectivity index (χ2v) is 5.11. The van der Waals surface area contributed by atoms with Crippen molar-refractivity contribution in [3.8, 4) is 0 Å². The van der Waals surface area contributed by atoms with Crippen LogP contribution in [0.5, 0.6) is 0 Å². The van der Waals surface area contributed by atoms with Crippen LogP contribution in [0.3, 0.4) is 0 Å². The second kappa shape index (κ2) is 7.02. The molecule has 1 aromatic rings. The number of allylic oxidation sites excluding steroid dienone is 3. The molecular formula is C16H22N4O.